The van der Waals surface area contributed by atoms with Crippen molar-refractivity contribution < 1.29 is 0 Å². The first kappa shape index (κ1) is 12.7. The molecular formula is C11H10ClN5S. The summed E-state index contributed by atoms with van der Waals surface area (Å²) in [7, 11) is 0. The lowest BCUT2D eigenvalue weighted by Gasteiger charge is -2.19. The second kappa shape index (κ2) is 4.83. The molecule has 92 valence electrons. The molecule has 0 unspecified atom stereocenters. The van der Waals surface area contributed by atoms with Gasteiger partial charge in [0.05, 0.1) is 5.69 Å². The van der Waals surface area contributed by atoms with Crippen molar-refractivity contribution in [2.75, 3.05) is 5.32 Å². The van der Waals surface area contributed by atoms with E-state index >= 15 is 0 Å². The van der Waals surface area contributed by atoms with Crippen LogP contribution in [-0.2, 0) is 0 Å². The number of halogens is 1. The van der Waals surface area contributed by atoms with Crippen LogP contribution in [0.25, 0.3) is 0 Å². The number of benzene rings is 1. The Morgan fingerprint density at radius 2 is 2.06 bits per heavy atom. The van der Waals surface area contributed by atoms with Gasteiger partial charge < -0.3 is 11.1 Å². The molecule has 0 fully saturated rings. The number of nitrogen functional groups attached to an aromatic ring is 1. The maximum absolute atomic E-state index is 7.41. The second-order valence-corrected chi connectivity index (χ2v) is 4.59. The van der Waals surface area contributed by atoms with Crippen LogP contribution in [0.5, 0.6) is 0 Å². The Labute approximate surface area is 114 Å². The van der Waals surface area contributed by atoms with Gasteiger partial charge in [-0.1, -0.05) is 17.8 Å². The lowest BCUT2D eigenvalue weighted by molar-refractivity contribution is 1.05. The van der Waals surface area contributed by atoms with Gasteiger partial charge in [-0.05, 0) is 12.1 Å². The average Bonchev–Trinajstić information content (AvgIpc) is 2.35. The first-order valence-corrected chi connectivity index (χ1v) is 5.80. The number of nitrogens with two attached hydrogens (primary N) is 1. The number of rotatable bonds is 1. The predicted octanol–water partition coefficient (Wildman–Crippen LogP) is 2.39. The predicted molar refractivity (Wildman–Crippen MR) is 74.1 cm³/mol. The summed E-state index contributed by atoms with van der Waals surface area (Å²) in [6.07, 6.45) is 3.31. The molecule has 1 aromatic carbocycles. The Bertz CT molecular complexity index is 616. The second-order valence-electron chi connectivity index (χ2n) is 3.56. The number of fused-ring (bicyclic) bond motifs is 2. The number of nitrogens with one attached hydrogen (secondary N) is 2. The van der Waals surface area contributed by atoms with Crippen LogP contribution in [0.2, 0.25) is 0 Å². The summed E-state index contributed by atoms with van der Waals surface area (Å²) in [5.41, 5.74) is 7.07. The highest BCUT2D eigenvalue weighted by atomic mass is 35.5. The lowest BCUT2D eigenvalue weighted by Crippen LogP contribution is -2.12. The van der Waals surface area contributed by atoms with Crippen molar-refractivity contribution in [2.45, 2.75) is 9.92 Å². The molecule has 0 saturated heterocycles. The fourth-order valence-corrected chi connectivity index (χ4v) is 2.48. The van der Waals surface area contributed by atoms with E-state index in [9.17, 15) is 0 Å². The molecule has 3 rings (SSSR count). The smallest absolute Gasteiger partial charge is 0.163 e. The summed E-state index contributed by atoms with van der Waals surface area (Å²) in [6.45, 7) is 0. The third kappa shape index (κ3) is 2.12. The van der Waals surface area contributed by atoms with Crippen molar-refractivity contribution >= 4 is 41.5 Å². The summed E-state index contributed by atoms with van der Waals surface area (Å²) >= 11 is 1.56. The number of anilines is 2. The van der Waals surface area contributed by atoms with Crippen LogP contribution < -0.4 is 11.1 Å². The van der Waals surface area contributed by atoms with Crippen LogP contribution in [0, 0.1) is 5.41 Å². The Hall–Kier alpha value is -1.79. The van der Waals surface area contributed by atoms with E-state index in [1.807, 2.05) is 18.2 Å². The van der Waals surface area contributed by atoms with Gasteiger partial charge in [-0.25, -0.2) is 9.97 Å². The lowest BCUT2D eigenvalue weighted by atomic mass is 10.2. The summed E-state index contributed by atoms with van der Waals surface area (Å²) in [4.78, 5) is 9.52. The molecule has 0 atom stereocenters. The van der Waals surface area contributed by atoms with E-state index in [1.54, 1.807) is 24.2 Å². The molecule has 0 amide bonds. The molecule has 5 nitrogen and oxygen atoms in total. The van der Waals surface area contributed by atoms with E-state index in [1.165, 1.54) is 0 Å². The molecule has 0 saturated carbocycles. The summed E-state index contributed by atoms with van der Waals surface area (Å²) in [5.74, 6) is 0.801. The summed E-state index contributed by atoms with van der Waals surface area (Å²) in [6, 6.07) is 5.61. The zero-order valence-electron chi connectivity index (χ0n) is 9.18. The quantitative estimate of drug-likeness (QED) is 0.470. The van der Waals surface area contributed by atoms with Gasteiger partial charge in [0.25, 0.3) is 0 Å². The molecule has 0 aliphatic carbocycles. The Kier molecular flexibility index (Phi) is 3.40. The van der Waals surface area contributed by atoms with Gasteiger partial charge in [0.1, 0.15) is 10.9 Å². The van der Waals surface area contributed by atoms with E-state index in [2.05, 4.69) is 15.3 Å². The minimum absolute atomic E-state index is 0. The number of amidine groups is 1. The van der Waals surface area contributed by atoms with Gasteiger partial charge in [-0.3, -0.25) is 5.41 Å². The standard InChI is InChI=1S/C11H9N5S.ClH/c12-9(13)6-1-2-8-7(5-6)16-10-11(17-8)15-4-3-14-10;/h1-5H,(H3,12,13)(H,14,16);1H. The van der Waals surface area contributed by atoms with Crippen LogP contribution in [0.3, 0.4) is 0 Å². The third-order valence-corrected chi connectivity index (χ3v) is 3.48. The maximum atomic E-state index is 7.41. The minimum Gasteiger partial charge on any atom is -0.384 e. The van der Waals surface area contributed by atoms with E-state index in [-0.39, 0.29) is 18.2 Å². The van der Waals surface area contributed by atoms with Gasteiger partial charge in [0.2, 0.25) is 0 Å². The van der Waals surface area contributed by atoms with Crippen LogP contribution >= 0.6 is 24.2 Å². The average molecular weight is 280 g/mol. The van der Waals surface area contributed by atoms with Crippen molar-refractivity contribution in [1.82, 2.24) is 9.97 Å². The van der Waals surface area contributed by atoms with Crippen LogP contribution in [0.15, 0.2) is 40.5 Å². The van der Waals surface area contributed by atoms with Crippen LogP contribution in [0.1, 0.15) is 5.56 Å². The van der Waals surface area contributed by atoms with E-state index in [0.29, 0.717) is 5.56 Å². The number of hydrogen-bond donors (Lipinski definition) is 3. The van der Waals surface area contributed by atoms with Crippen LogP contribution in [0.4, 0.5) is 11.5 Å². The molecular weight excluding hydrogens is 270 g/mol. The summed E-state index contributed by atoms with van der Waals surface area (Å²) < 4.78 is 0. The van der Waals surface area contributed by atoms with Crippen molar-refractivity contribution in [2.24, 2.45) is 5.73 Å². The van der Waals surface area contributed by atoms with Gasteiger partial charge in [-0.15, -0.1) is 12.4 Å². The molecule has 2 heterocycles. The molecule has 1 aliphatic rings. The molecule has 0 bridgehead atoms. The summed E-state index contributed by atoms with van der Waals surface area (Å²) in [5, 5.41) is 11.5. The van der Waals surface area contributed by atoms with Gasteiger partial charge in [0.15, 0.2) is 5.82 Å². The topological polar surface area (TPSA) is 87.7 Å². The van der Waals surface area contributed by atoms with Gasteiger partial charge in [0, 0.05) is 22.9 Å². The molecule has 4 N–H and O–H groups in total. The highest BCUT2D eigenvalue weighted by Crippen LogP contribution is 2.41. The first-order valence-electron chi connectivity index (χ1n) is 4.98. The normalized spacial score (nSPS) is 11.6. The SMILES string of the molecule is Cl.N=C(N)c1ccc2c(c1)Nc1nccnc1S2. The van der Waals surface area contributed by atoms with Crippen molar-refractivity contribution in [3.63, 3.8) is 0 Å². The fourth-order valence-electron chi connectivity index (χ4n) is 1.60. The van der Waals surface area contributed by atoms with Crippen molar-refractivity contribution in [3.05, 3.63) is 36.2 Å². The van der Waals surface area contributed by atoms with Crippen LogP contribution in [-0.4, -0.2) is 15.8 Å². The first-order chi connectivity index (χ1) is 8.24. The van der Waals surface area contributed by atoms with E-state index < -0.39 is 0 Å². The molecule has 0 radical (unpaired) electrons. The highest BCUT2D eigenvalue weighted by molar-refractivity contribution is 7.99. The van der Waals surface area contributed by atoms with Gasteiger partial charge in [-0.2, -0.15) is 0 Å². The van der Waals surface area contributed by atoms with Gasteiger partial charge >= 0.3 is 0 Å². The minimum atomic E-state index is 0. The Morgan fingerprint density at radius 1 is 1.28 bits per heavy atom. The maximum Gasteiger partial charge on any atom is 0.163 e. The zero-order valence-corrected chi connectivity index (χ0v) is 10.8. The van der Waals surface area contributed by atoms with E-state index in [0.717, 1.165) is 21.4 Å². The van der Waals surface area contributed by atoms with Crippen molar-refractivity contribution in [1.29, 1.82) is 5.41 Å². The third-order valence-electron chi connectivity index (χ3n) is 2.41. The molecule has 0 spiro atoms. The number of hydrogen-bond acceptors (Lipinski definition) is 5. The highest BCUT2D eigenvalue weighted by Gasteiger charge is 2.17. The number of nitrogens with zero attached hydrogens (tertiary/aromatic N) is 2. The van der Waals surface area contributed by atoms with Crippen molar-refractivity contribution in [3.8, 4) is 0 Å². The molecule has 18 heavy (non-hydrogen) atoms. The molecule has 2 aromatic rings. The molecule has 7 heteroatoms. The zero-order chi connectivity index (χ0) is 11.8. The number of aromatic nitrogens is 2. The Balaban J connectivity index is 0.00000120. The largest absolute Gasteiger partial charge is 0.384 e. The monoisotopic (exact) mass is 279 g/mol. The fraction of sp³-hybridized carbons (Fsp3) is 0. The Morgan fingerprint density at radius 3 is 2.83 bits per heavy atom. The van der Waals surface area contributed by atoms with E-state index in [4.69, 9.17) is 11.1 Å². The molecule has 1 aromatic heterocycles. The molecule has 1 aliphatic heterocycles.